The first kappa shape index (κ1) is 15.2. The van der Waals surface area contributed by atoms with Gasteiger partial charge in [-0.2, -0.15) is 0 Å². The van der Waals surface area contributed by atoms with E-state index in [1.54, 1.807) is 12.3 Å². The summed E-state index contributed by atoms with van der Waals surface area (Å²) < 4.78 is 5.40. The minimum atomic E-state index is -0.259. The standard InChI is InChI=1S/C23H19NO3/c25-22-20-18-14-7-1-2-8-15(14)19(17-10-4-3-9-16(17)18)21(20)23(26)24(22)12-13-6-5-11-27-13/h1-11,14-15,18-21H,12H2/t14-,15-,18-,19+,20+,21+/m0/s1. The third-order valence-corrected chi connectivity index (χ3v) is 6.92. The van der Waals surface area contributed by atoms with Gasteiger partial charge in [-0.3, -0.25) is 14.5 Å². The average molecular weight is 357 g/mol. The number of hydrogen-bond donors (Lipinski definition) is 0. The lowest BCUT2D eigenvalue weighted by molar-refractivity contribution is -0.141. The molecule has 2 bridgehead atoms. The molecule has 2 heterocycles. The van der Waals surface area contributed by atoms with Crippen molar-refractivity contribution < 1.29 is 14.0 Å². The van der Waals surface area contributed by atoms with Crippen molar-refractivity contribution in [3.8, 4) is 0 Å². The van der Waals surface area contributed by atoms with Gasteiger partial charge in [-0.05, 0) is 35.1 Å². The SMILES string of the molecule is O=C1[C@H]2[C@H](C(=O)N1Cc1ccco1)[C@H]1c3ccccc3[C@@H]2[C@H]2C=CC=C[C@@H]21. The van der Waals surface area contributed by atoms with E-state index < -0.39 is 0 Å². The molecule has 0 unspecified atom stereocenters. The zero-order valence-electron chi connectivity index (χ0n) is 14.7. The smallest absolute Gasteiger partial charge is 0.234 e. The molecule has 0 spiro atoms. The van der Waals surface area contributed by atoms with Crippen molar-refractivity contribution in [2.24, 2.45) is 23.7 Å². The molecule has 1 aromatic heterocycles. The van der Waals surface area contributed by atoms with Gasteiger partial charge in [-0.1, -0.05) is 48.6 Å². The number of imide groups is 1. The van der Waals surface area contributed by atoms with E-state index in [4.69, 9.17) is 4.42 Å². The third-order valence-electron chi connectivity index (χ3n) is 6.92. The molecule has 4 aliphatic carbocycles. The van der Waals surface area contributed by atoms with Crippen LogP contribution in [0.1, 0.15) is 28.7 Å². The molecular formula is C23H19NO3. The molecule has 0 radical (unpaired) electrons. The fraction of sp³-hybridized carbons (Fsp3) is 0.304. The highest BCUT2D eigenvalue weighted by Crippen LogP contribution is 2.64. The largest absolute Gasteiger partial charge is 0.467 e. The summed E-state index contributed by atoms with van der Waals surface area (Å²) in [7, 11) is 0. The molecular weight excluding hydrogens is 338 g/mol. The number of carbonyl (C=O) groups excluding carboxylic acids is 2. The van der Waals surface area contributed by atoms with Gasteiger partial charge in [-0.15, -0.1) is 0 Å². The van der Waals surface area contributed by atoms with Gasteiger partial charge in [0.05, 0.1) is 24.6 Å². The highest BCUT2D eigenvalue weighted by molar-refractivity contribution is 6.06. The number of allylic oxidation sites excluding steroid dienone is 4. The Kier molecular flexibility index (Phi) is 2.99. The topological polar surface area (TPSA) is 50.5 Å². The van der Waals surface area contributed by atoms with Crippen molar-refractivity contribution in [2.45, 2.75) is 18.4 Å². The van der Waals surface area contributed by atoms with Gasteiger partial charge in [0.25, 0.3) is 0 Å². The van der Waals surface area contributed by atoms with Gasteiger partial charge >= 0.3 is 0 Å². The molecule has 2 aromatic rings. The summed E-state index contributed by atoms with van der Waals surface area (Å²) in [6, 6.07) is 12.0. The molecule has 1 aromatic carbocycles. The maximum atomic E-state index is 13.4. The van der Waals surface area contributed by atoms with Gasteiger partial charge in [0.2, 0.25) is 11.8 Å². The van der Waals surface area contributed by atoms with Crippen LogP contribution in [0.3, 0.4) is 0 Å². The normalized spacial score (nSPS) is 35.3. The summed E-state index contributed by atoms with van der Waals surface area (Å²) in [6.07, 6.45) is 10.2. The fourth-order valence-corrected chi connectivity index (χ4v) is 6.00. The van der Waals surface area contributed by atoms with E-state index >= 15 is 0 Å². The van der Waals surface area contributed by atoms with Crippen molar-refractivity contribution in [2.75, 3.05) is 0 Å². The number of rotatable bonds is 2. The van der Waals surface area contributed by atoms with E-state index in [1.807, 2.05) is 18.2 Å². The lowest BCUT2D eigenvalue weighted by Crippen LogP contribution is -2.49. The molecule has 4 nitrogen and oxygen atoms in total. The molecule has 1 saturated heterocycles. The number of hydrogen-bond acceptors (Lipinski definition) is 3. The second-order valence-corrected chi connectivity index (χ2v) is 8.00. The van der Waals surface area contributed by atoms with Gasteiger partial charge in [0.1, 0.15) is 5.76 Å². The molecule has 2 fully saturated rings. The second kappa shape index (κ2) is 5.32. The quantitative estimate of drug-likeness (QED) is 0.771. The van der Waals surface area contributed by atoms with Crippen molar-refractivity contribution >= 4 is 11.8 Å². The summed E-state index contributed by atoms with van der Waals surface area (Å²) >= 11 is 0. The Hall–Kier alpha value is -2.88. The van der Waals surface area contributed by atoms with Crippen LogP contribution < -0.4 is 0 Å². The Morgan fingerprint density at radius 2 is 1.37 bits per heavy atom. The molecule has 6 atom stereocenters. The van der Waals surface area contributed by atoms with Crippen LogP contribution in [0.25, 0.3) is 0 Å². The Morgan fingerprint density at radius 1 is 0.778 bits per heavy atom. The fourth-order valence-electron chi connectivity index (χ4n) is 6.00. The van der Waals surface area contributed by atoms with E-state index in [9.17, 15) is 9.59 Å². The Bertz CT molecular complexity index is 939. The maximum Gasteiger partial charge on any atom is 0.234 e. The van der Waals surface area contributed by atoms with Gasteiger partial charge in [0, 0.05) is 11.8 Å². The first-order chi connectivity index (χ1) is 13.3. The van der Waals surface area contributed by atoms with Crippen molar-refractivity contribution in [3.63, 3.8) is 0 Å². The zero-order chi connectivity index (χ0) is 18.1. The number of likely N-dealkylation sites (tertiary alicyclic amines) is 1. The molecule has 1 aliphatic heterocycles. The van der Waals surface area contributed by atoms with E-state index in [1.165, 1.54) is 16.0 Å². The lowest BCUT2D eigenvalue weighted by atomic mass is 9.48. The predicted octanol–water partition coefficient (Wildman–Crippen LogP) is 3.63. The molecule has 4 heteroatoms. The van der Waals surface area contributed by atoms with E-state index in [-0.39, 0.29) is 53.9 Å². The van der Waals surface area contributed by atoms with Crippen LogP contribution in [0.5, 0.6) is 0 Å². The summed E-state index contributed by atoms with van der Waals surface area (Å²) in [5, 5.41) is 0. The third kappa shape index (κ3) is 1.88. The van der Waals surface area contributed by atoms with E-state index in [0.717, 1.165) is 0 Å². The molecule has 134 valence electrons. The number of nitrogens with zero attached hydrogens (tertiary/aromatic N) is 1. The van der Waals surface area contributed by atoms with Crippen molar-refractivity contribution in [1.82, 2.24) is 4.90 Å². The summed E-state index contributed by atoms with van der Waals surface area (Å²) in [4.78, 5) is 28.2. The lowest BCUT2D eigenvalue weighted by Gasteiger charge is -2.53. The Labute approximate surface area is 157 Å². The number of furan rings is 1. The maximum absolute atomic E-state index is 13.4. The van der Waals surface area contributed by atoms with Crippen molar-refractivity contribution in [1.29, 1.82) is 0 Å². The molecule has 2 amide bonds. The van der Waals surface area contributed by atoms with Crippen LogP contribution in [0, 0.1) is 23.7 Å². The molecule has 27 heavy (non-hydrogen) atoms. The summed E-state index contributed by atoms with van der Waals surface area (Å²) in [5.41, 5.74) is 2.51. The summed E-state index contributed by atoms with van der Waals surface area (Å²) in [5.74, 6) is 0.778. The number of carbonyl (C=O) groups is 2. The highest BCUT2D eigenvalue weighted by Gasteiger charge is 2.64. The average Bonchev–Trinajstić information content (AvgIpc) is 3.31. The number of amides is 2. The molecule has 1 saturated carbocycles. The van der Waals surface area contributed by atoms with Crippen LogP contribution in [0.4, 0.5) is 0 Å². The van der Waals surface area contributed by atoms with Crippen LogP contribution in [-0.4, -0.2) is 16.7 Å². The predicted molar refractivity (Wildman–Crippen MR) is 98.4 cm³/mol. The zero-order valence-corrected chi connectivity index (χ0v) is 14.7. The Balaban J connectivity index is 1.49. The van der Waals surface area contributed by atoms with Crippen molar-refractivity contribution in [3.05, 3.63) is 83.9 Å². The Morgan fingerprint density at radius 3 is 1.89 bits per heavy atom. The second-order valence-electron chi connectivity index (χ2n) is 8.00. The van der Waals surface area contributed by atoms with Crippen LogP contribution in [-0.2, 0) is 16.1 Å². The number of benzene rings is 1. The van der Waals surface area contributed by atoms with E-state index in [0.29, 0.717) is 5.76 Å². The van der Waals surface area contributed by atoms with Crippen LogP contribution in [0.15, 0.2) is 71.4 Å². The van der Waals surface area contributed by atoms with Crippen LogP contribution >= 0.6 is 0 Å². The monoisotopic (exact) mass is 357 g/mol. The van der Waals surface area contributed by atoms with Gasteiger partial charge < -0.3 is 4.42 Å². The molecule has 5 aliphatic rings. The molecule has 7 rings (SSSR count). The van der Waals surface area contributed by atoms with Gasteiger partial charge in [-0.25, -0.2) is 0 Å². The first-order valence-corrected chi connectivity index (χ1v) is 9.57. The molecule has 0 N–H and O–H groups in total. The van der Waals surface area contributed by atoms with E-state index in [2.05, 4.69) is 36.4 Å². The van der Waals surface area contributed by atoms with Gasteiger partial charge in [0.15, 0.2) is 0 Å². The highest BCUT2D eigenvalue weighted by atomic mass is 16.3. The minimum Gasteiger partial charge on any atom is -0.467 e. The summed E-state index contributed by atoms with van der Waals surface area (Å²) in [6.45, 7) is 0.231. The first-order valence-electron chi connectivity index (χ1n) is 9.57. The van der Waals surface area contributed by atoms with Crippen LogP contribution in [0.2, 0.25) is 0 Å². The minimum absolute atomic E-state index is 0.0349.